The van der Waals surface area contributed by atoms with E-state index in [0.717, 1.165) is 11.3 Å². The number of hydrogen-bond acceptors (Lipinski definition) is 4. The molecular weight excluding hydrogens is 267 g/mol. The second-order valence-corrected chi connectivity index (χ2v) is 4.83. The zero-order valence-corrected chi connectivity index (χ0v) is 11.6. The number of likely N-dealkylation sites (N-methyl/N-ethyl adjacent to an activating group) is 1. The fraction of sp³-hybridized carbons (Fsp3) is 0.125. The monoisotopic (exact) mass is 282 g/mol. The highest BCUT2D eigenvalue weighted by molar-refractivity contribution is 6.17. The van der Waals surface area contributed by atoms with Crippen molar-refractivity contribution in [3.8, 4) is 0 Å². The van der Waals surface area contributed by atoms with Gasteiger partial charge in [0, 0.05) is 18.2 Å². The first-order chi connectivity index (χ1) is 10.1. The van der Waals surface area contributed by atoms with Gasteiger partial charge in [-0.25, -0.2) is 15.2 Å². The number of aliphatic imine (C=N–C) groups is 2. The molecule has 2 aromatic carbocycles. The van der Waals surface area contributed by atoms with E-state index in [4.69, 9.17) is 5.84 Å². The number of rotatable bonds is 1. The molecule has 0 fully saturated rings. The van der Waals surface area contributed by atoms with Crippen LogP contribution in [0.2, 0.25) is 0 Å². The van der Waals surface area contributed by atoms with Gasteiger partial charge in [0.15, 0.2) is 0 Å². The molecule has 21 heavy (non-hydrogen) atoms. The predicted molar refractivity (Wildman–Crippen MR) is 82.4 cm³/mol. The van der Waals surface area contributed by atoms with Gasteiger partial charge in [0.2, 0.25) is 0 Å². The average molecular weight is 282 g/mol. The Bertz CT molecular complexity index is 720. The average Bonchev–Trinajstić information content (AvgIpc) is 2.67. The molecule has 0 saturated heterocycles. The Morgan fingerprint density at radius 1 is 1.14 bits per heavy atom. The molecule has 1 aliphatic heterocycles. The van der Waals surface area contributed by atoms with Crippen LogP contribution < -0.4 is 5.84 Å². The number of hydrogen-bond donors (Lipinski definition) is 1. The molecule has 0 aliphatic carbocycles. The summed E-state index contributed by atoms with van der Waals surface area (Å²) in [6, 6.07) is 14.2. The molecular formula is C16H15FN4. The maximum Gasteiger partial charge on any atom is 0.140 e. The minimum Gasteiger partial charge on any atom is -0.300 e. The van der Waals surface area contributed by atoms with Crippen LogP contribution in [-0.2, 0) is 0 Å². The summed E-state index contributed by atoms with van der Waals surface area (Å²) in [4.78, 5) is 9.07. The van der Waals surface area contributed by atoms with Crippen molar-refractivity contribution < 1.29 is 4.39 Å². The van der Waals surface area contributed by atoms with E-state index in [9.17, 15) is 4.39 Å². The SMILES string of the molecule is CN(N)C1=Nc2ccc(F)cc2C(c2ccccc2)=NC1. The lowest BCUT2D eigenvalue weighted by Crippen LogP contribution is -2.34. The number of amidine groups is 1. The predicted octanol–water partition coefficient (Wildman–Crippen LogP) is 2.51. The fourth-order valence-electron chi connectivity index (χ4n) is 2.24. The molecule has 5 heteroatoms. The maximum absolute atomic E-state index is 13.6. The Labute approximate surface area is 122 Å². The van der Waals surface area contributed by atoms with Crippen LogP contribution in [0.3, 0.4) is 0 Å². The molecule has 3 rings (SSSR count). The lowest BCUT2D eigenvalue weighted by molar-refractivity contribution is 0.531. The van der Waals surface area contributed by atoms with Gasteiger partial charge in [0.25, 0.3) is 0 Å². The number of nitrogens with zero attached hydrogens (tertiary/aromatic N) is 3. The Kier molecular flexibility index (Phi) is 3.50. The molecule has 0 radical (unpaired) electrons. The summed E-state index contributed by atoms with van der Waals surface area (Å²) in [5, 5.41) is 1.44. The van der Waals surface area contributed by atoms with Crippen molar-refractivity contribution >= 4 is 17.2 Å². The van der Waals surface area contributed by atoms with Crippen LogP contribution in [0, 0.1) is 5.82 Å². The summed E-state index contributed by atoms with van der Waals surface area (Å²) in [7, 11) is 1.71. The molecule has 2 aromatic rings. The summed E-state index contributed by atoms with van der Waals surface area (Å²) in [5.41, 5.74) is 3.01. The highest BCUT2D eigenvalue weighted by atomic mass is 19.1. The third-order valence-corrected chi connectivity index (χ3v) is 3.30. The van der Waals surface area contributed by atoms with Crippen molar-refractivity contribution in [2.24, 2.45) is 15.8 Å². The van der Waals surface area contributed by atoms with Crippen LogP contribution in [-0.4, -0.2) is 30.1 Å². The fourth-order valence-corrected chi connectivity index (χ4v) is 2.24. The van der Waals surface area contributed by atoms with E-state index in [1.54, 1.807) is 13.1 Å². The largest absolute Gasteiger partial charge is 0.300 e. The zero-order chi connectivity index (χ0) is 14.8. The summed E-state index contributed by atoms with van der Waals surface area (Å²) >= 11 is 0. The standard InChI is InChI=1S/C16H15FN4/c1-21(18)15-10-19-16(11-5-3-2-4-6-11)13-9-12(17)7-8-14(13)20-15/h2-9H,10,18H2,1H3. The first kappa shape index (κ1) is 13.5. The number of hydrazine groups is 1. The first-order valence-electron chi connectivity index (χ1n) is 6.61. The molecule has 0 bridgehead atoms. The van der Waals surface area contributed by atoms with Gasteiger partial charge in [-0.05, 0) is 18.2 Å². The Morgan fingerprint density at radius 3 is 2.62 bits per heavy atom. The lowest BCUT2D eigenvalue weighted by atomic mass is 10.0. The van der Waals surface area contributed by atoms with Crippen LogP contribution in [0.4, 0.5) is 10.1 Å². The van der Waals surface area contributed by atoms with Crippen LogP contribution in [0.1, 0.15) is 11.1 Å². The molecule has 0 amide bonds. The van der Waals surface area contributed by atoms with Gasteiger partial charge in [-0.3, -0.25) is 10.0 Å². The summed E-state index contributed by atoms with van der Waals surface area (Å²) in [6.45, 7) is 0.355. The van der Waals surface area contributed by atoms with Crippen molar-refractivity contribution in [2.45, 2.75) is 0 Å². The van der Waals surface area contributed by atoms with Gasteiger partial charge in [0.05, 0.1) is 17.9 Å². The van der Waals surface area contributed by atoms with Crippen molar-refractivity contribution in [3.63, 3.8) is 0 Å². The second kappa shape index (κ2) is 5.46. The number of nitrogens with two attached hydrogens (primary N) is 1. The molecule has 0 unspecified atom stereocenters. The van der Waals surface area contributed by atoms with Gasteiger partial charge in [0.1, 0.15) is 11.7 Å². The molecule has 4 nitrogen and oxygen atoms in total. The third kappa shape index (κ3) is 2.68. The summed E-state index contributed by atoms with van der Waals surface area (Å²) in [6.07, 6.45) is 0. The van der Waals surface area contributed by atoms with Gasteiger partial charge in [-0.1, -0.05) is 30.3 Å². The highest BCUT2D eigenvalue weighted by Crippen LogP contribution is 2.26. The molecule has 1 aliphatic rings. The molecule has 0 aromatic heterocycles. The molecule has 1 heterocycles. The quantitative estimate of drug-likeness (QED) is 0.645. The van der Waals surface area contributed by atoms with Crippen LogP contribution >= 0.6 is 0 Å². The van der Waals surface area contributed by atoms with Crippen LogP contribution in [0.25, 0.3) is 0 Å². The number of fused-ring (bicyclic) bond motifs is 1. The topological polar surface area (TPSA) is 54.0 Å². The second-order valence-electron chi connectivity index (χ2n) is 4.83. The minimum absolute atomic E-state index is 0.308. The van der Waals surface area contributed by atoms with E-state index >= 15 is 0 Å². The third-order valence-electron chi connectivity index (χ3n) is 3.30. The molecule has 2 N–H and O–H groups in total. The van der Waals surface area contributed by atoms with E-state index in [1.165, 1.54) is 17.1 Å². The van der Waals surface area contributed by atoms with E-state index in [0.29, 0.717) is 23.6 Å². The smallest absolute Gasteiger partial charge is 0.140 e. The summed E-state index contributed by atoms with van der Waals surface area (Å²) < 4.78 is 13.6. The Morgan fingerprint density at radius 2 is 1.90 bits per heavy atom. The Hall–Kier alpha value is -2.53. The van der Waals surface area contributed by atoms with E-state index in [1.807, 2.05) is 30.3 Å². The highest BCUT2D eigenvalue weighted by Gasteiger charge is 2.17. The first-order valence-corrected chi connectivity index (χ1v) is 6.61. The normalized spacial score (nSPS) is 13.9. The zero-order valence-electron chi connectivity index (χ0n) is 11.6. The van der Waals surface area contributed by atoms with Crippen molar-refractivity contribution in [2.75, 3.05) is 13.6 Å². The van der Waals surface area contributed by atoms with E-state index in [-0.39, 0.29) is 5.82 Å². The van der Waals surface area contributed by atoms with Gasteiger partial charge in [-0.2, -0.15) is 0 Å². The molecule has 0 atom stereocenters. The van der Waals surface area contributed by atoms with Gasteiger partial charge >= 0.3 is 0 Å². The van der Waals surface area contributed by atoms with Crippen LogP contribution in [0.15, 0.2) is 58.5 Å². The van der Waals surface area contributed by atoms with Crippen molar-refractivity contribution in [1.82, 2.24) is 5.01 Å². The van der Waals surface area contributed by atoms with Gasteiger partial charge < -0.3 is 0 Å². The number of benzene rings is 2. The van der Waals surface area contributed by atoms with E-state index < -0.39 is 0 Å². The summed E-state index contributed by atoms with van der Waals surface area (Å²) in [5.74, 6) is 6.09. The molecule has 0 saturated carbocycles. The molecule has 0 spiro atoms. The lowest BCUT2D eigenvalue weighted by Gasteiger charge is -2.12. The van der Waals surface area contributed by atoms with E-state index in [2.05, 4.69) is 9.98 Å². The maximum atomic E-state index is 13.6. The number of halogens is 1. The molecule has 106 valence electrons. The van der Waals surface area contributed by atoms with Gasteiger partial charge in [-0.15, -0.1) is 0 Å². The van der Waals surface area contributed by atoms with Crippen molar-refractivity contribution in [1.29, 1.82) is 0 Å². The van der Waals surface area contributed by atoms with Crippen LogP contribution in [0.5, 0.6) is 0 Å². The minimum atomic E-state index is -0.308. The Balaban J connectivity index is 2.19. The van der Waals surface area contributed by atoms with Crippen molar-refractivity contribution in [3.05, 3.63) is 65.5 Å².